The minimum atomic E-state index is -0.293. The minimum absolute atomic E-state index is 0.0335. The van der Waals surface area contributed by atoms with Crippen LogP contribution in [0.5, 0.6) is 5.75 Å². The molecule has 0 bridgehead atoms. The SMILES string of the molecule is CCOC(=O)c1cc2cc([C@@H](c3cccc(O)c3)N3C[C@@H](C)N(Cc4ccccc4)C[C@@H]3C)ccc2n1CC. The standard InChI is InChI=1S/C33H39N3O3/c1-5-35-30-16-15-27(17-28(30)19-31(35)33(38)39-6-2)32(26-13-10-14-29(37)18-26)36-21-23(3)34(20-24(36)4)22-25-11-8-7-9-12-25/h7-19,23-24,32,37H,5-6,20-22H2,1-4H3/t23-,24+,32-/m1/s1. The zero-order valence-corrected chi connectivity index (χ0v) is 23.4. The zero-order valence-electron chi connectivity index (χ0n) is 23.4. The number of nitrogens with zero attached hydrogens (tertiary/aromatic N) is 3. The number of hydrogen-bond acceptors (Lipinski definition) is 5. The fraction of sp³-hybridized carbons (Fsp3) is 0.364. The molecule has 0 saturated carbocycles. The highest BCUT2D eigenvalue weighted by Crippen LogP contribution is 2.36. The largest absolute Gasteiger partial charge is 0.508 e. The van der Waals surface area contributed by atoms with Gasteiger partial charge in [-0.3, -0.25) is 9.80 Å². The van der Waals surface area contributed by atoms with E-state index in [1.165, 1.54) is 5.56 Å². The van der Waals surface area contributed by atoms with Crippen LogP contribution in [0.25, 0.3) is 10.9 Å². The maximum absolute atomic E-state index is 12.7. The van der Waals surface area contributed by atoms with Crippen molar-refractivity contribution in [1.29, 1.82) is 0 Å². The monoisotopic (exact) mass is 525 g/mol. The molecule has 3 aromatic carbocycles. The molecule has 0 unspecified atom stereocenters. The summed E-state index contributed by atoms with van der Waals surface area (Å²) in [6, 6.07) is 27.3. The number of hydrogen-bond donors (Lipinski definition) is 1. The van der Waals surface area contributed by atoms with E-state index in [9.17, 15) is 9.90 Å². The van der Waals surface area contributed by atoms with Gasteiger partial charge in [0.2, 0.25) is 0 Å². The number of ether oxygens (including phenoxy) is 1. The van der Waals surface area contributed by atoms with Gasteiger partial charge in [0, 0.05) is 49.2 Å². The molecule has 1 saturated heterocycles. The smallest absolute Gasteiger partial charge is 0.354 e. The first-order valence-corrected chi connectivity index (χ1v) is 14.0. The summed E-state index contributed by atoms with van der Waals surface area (Å²) < 4.78 is 7.35. The van der Waals surface area contributed by atoms with Gasteiger partial charge < -0.3 is 14.4 Å². The van der Waals surface area contributed by atoms with Crippen molar-refractivity contribution < 1.29 is 14.6 Å². The summed E-state index contributed by atoms with van der Waals surface area (Å²) in [5.41, 5.74) is 5.14. The second-order valence-corrected chi connectivity index (χ2v) is 10.6. The number of aryl methyl sites for hydroxylation is 1. The van der Waals surface area contributed by atoms with E-state index in [1.807, 2.05) is 36.6 Å². The van der Waals surface area contributed by atoms with E-state index in [2.05, 4.69) is 78.2 Å². The third-order valence-corrected chi connectivity index (χ3v) is 7.95. The van der Waals surface area contributed by atoms with Gasteiger partial charge in [0.05, 0.1) is 12.6 Å². The molecule has 1 aromatic heterocycles. The van der Waals surface area contributed by atoms with Gasteiger partial charge in [-0.2, -0.15) is 0 Å². The average Bonchev–Trinajstić information content (AvgIpc) is 3.30. The number of aromatic hydroxyl groups is 1. The van der Waals surface area contributed by atoms with Gasteiger partial charge in [0.25, 0.3) is 0 Å². The highest BCUT2D eigenvalue weighted by Gasteiger charge is 2.35. The van der Waals surface area contributed by atoms with Crippen LogP contribution in [0.3, 0.4) is 0 Å². The molecule has 1 aliphatic rings. The lowest BCUT2D eigenvalue weighted by Gasteiger charge is -2.47. The lowest BCUT2D eigenvalue weighted by atomic mass is 9.92. The molecule has 5 rings (SSSR count). The predicted molar refractivity (Wildman–Crippen MR) is 156 cm³/mol. The van der Waals surface area contributed by atoms with Crippen LogP contribution in [0.15, 0.2) is 78.9 Å². The highest BCUT2D eigenvalue weighted by molar-refractivity contribution is 5.96. The van der Waals surface area contributed by atoms with E-state index in [0.29, 0.717) is 30.9 Å². The van der Waals surface area contributed by atoms with Crippen LogP contribution < -0.4 is 0 Å². The summed E-state index contributed by atoms with van der Waals surface area (Å²) in [6.07, 6.45) is 0. The predicted octanol–water partition coefficient (Wildman–Crippen LogP) is 6.23. The second-order valence-electron chi connectivity index (χ2n) is 10.6. The van der Waals surface area contributed by atoms with Crippen molar-refractivity contribution in [3.05, 3.63) is 101 Å². The van der Waals surface area contributed by atoms with E-state index < -0.39 is 0 Å². The number of carbonyl (C=O) groups is 1. The Bertz CT molecular complexity index is 1430. The molecule has 0 amide bonds. The number of piperazine rings is 1. The Hall–Kier alpha value is -3.61. The van der Waals surface area contributed by atoms with Crippen LogP contribution in [-0.2, 0) is 17.8 Å². The second kappa shape index (κ2) is 11.6. The van der Waals surface area contributed by atoms with Gasteiger partial charge in [0.1, 0.15) is 11.4 Å². The molecular weight excluding hydrogens is 486 g/mol. The van der Waals surface area contributed by atoms with Crippen molar-refractivity contribution in [1.82, 2.24) is 14.4 Å². The van der Waals surface area contributed by atoms with Crippen LogP contribution in [0.1, 0.15) is 60.9 Å². The fourth-order valence-electron chi connectivity index (χ4n) is 6.07. The van der Waals surface area contributed by atoms with Gasteiger partial charge in [-0.05, 0) is 74.7 Å². The maximum atomic E-state index is 12.7. The Balaban J connectivity index is 1.52. The third kappa shape index (κ3) is 5.58. The van der Waals surface area contributed by atoms with Crippen LogP contribution in [-0.4, -0.2) is 57.2 Å². The van der Waals surface area contributed by atoms with Gasteiger partial charge >= 0.3 is 5.97 Å². The van der Waals surface area contributed by atoms with Crippen molar-refractivity contribution in [3.8, 4) is 5.75 Å². The Morgan fingerprint density at radius 3 is 2.41 bits per heavy atom. The molecule has 1 fully saturated rings. The summed E-state index contributed by atoms with van der Waals surface area (Å²) >= 11 is 0. The Labute approximate surface area is 231 Å². The molecule has 3 atom stereocenters. The molecule has 39 heavy (non-hydrogen) atoms. The lowest BCUT2D eigenvalue weighted by molar-refractivity contribution is 0.0195. The van der Waals surface area contributed by atoms with E-state index in [4.69, 9.17) is 4.74 Å². The Morgan fingerprint density at radius 2 is 1.69 bits per heavy atom. The molecule has 0 aliphatic carbocycles. The number of esters is 1. The van der Waals surface area contributed by atoms with E-state index in [0.717, 1.165) is 41.7 Å². The topological polar surface area (TPSA) is 57.9 Å². The van der Waals surface area contributed by atoms with Crippen LogP contribution in [0, 0.1) is 0 Å². The lowest BCUT2D eigenvalue weighted by Crippen LogP contribution is -2.56. The first kappa shape index (κ1) is 27.0. The number of fused-ring (bicyclic) bond motifs is 1. The quantitative estimate of drug-likeness (QED) is 0.277. The van der Waals surface area contributed by atoms with Gasteiger partial charge in [-0.15, -0.1) is 0 Å². The normalized spacial score (nSPS) is 19.3. The third-order valence-electron chi connectivity index (χ3n) is 7.95. The fourth-order valence-corrected chi connectivity index (χ4v) is 6.07. The van der Waals surface area contributed by atoms with Crippen molar-refractivity contribution in [3.63, 3.8) is 0 Å². The maximum Gasteiger partial charge on any atom is 0.354 e. The first-order chi connectivity index (χ1) is 18.9. The number of benzene rings is 3. The molecule has 2 heterocycles. The first-order valence-electron chi connectivity index (χ1n) is 14.0. The molecule has 0 spiro atoms. The number of carbonyl (C=O) groups excluding carboxylic acids is 1. The van der Waals surface area contributed by atoms with Crippen molar-refractivity contribution in [2.45, 2.75) is 58.9 Å². The van der Waals surface area contributed by atoms with Crippen molar-refractivity contribution in [2.75, 3.05) is 19.7 Å². The van der Waals surface area contributed by atoms with Gasteiger partial charge in [-0.1, -0.05) is 48.5 Å². The molecule has 1 N–H and O–H groups in total. The molecular formula is C33H39N3O3. The Morgan fingerprint density at radius 1 is 0.923 bits per heavy atom. The molecule has 0 radical (unpaired) electrons. The molecule has 4 aromatic rings. The van der Waals surface area contributed by atoms with Crippen LogP contribution >= 0.6 is 0 Å². The highest BCUT2D eigenvalue weighted by atomic mass is 16.5. The molecule has 204 valence electrons. The van der Waals surface area contributed by atoms with Crippen molar-refractivity contribution in [2.24, 2.45) is 0 Å². The minimum Gasteiger partial charge on any atom is -0.508 e. The summed E-state index contributed by atoms with van der Waals surface area (Å²) in [5.74, 6) is -0.0256. The number of phenolic OH excluding ortho intramolecular Hbond substituents is 1. The van der Waals surface area contributed by atoms with Crippen LogP contribution in [0.2, 0.25) is 0 Å². The van der Waals surface area contributed by atoms with E-state index in [1.54, 1.807) is 6.07 Å². The number of phenols is 1. The summed E-state index contributed by atoms with van der Waals surface area (Å²) in [5, 5.41) is 11.4. The van der Waals surface area contributed by atoms with E-state index in [-0.39, 0.29) is 17.8 Å². The number of aromatic nitrogens is 1. The summed E-state index contributed by atoms with van der Waals surface area (Å²) in [6.45, 7) is 12.3. The Kier molecular flexibility index (Phi) is 8.05. The average molecular weight is 526 g/mol. The zero-order chi connectivity index (χ0) is 27.5. The van der Waals surface area contributed by atoms with Crippen molar-refractivity contribution >= 4 is 16.9 Å². The molecule has 6 heteroatoms. The number of rotatable bonds is 8. The van der Waals surface area contributed by atoms with Gasteiger partial charge in [-0.25, -0.2) is 4.79 Å². The summed E-state index contributed by atoms with van der Waals surface area (Å²) in [4.78, 5) is 17.8. The molecule has 1 aliphatic heterocycles. The van der Waals surface area contributed by atoms with Crippen LogP contribution in [0.4, 0.5) is 0 Å². The molecule has 6 nitrogen and oxygen atoms in total. The van der Waals surface area contributed by atoms with Gasteiger partial charge in [0.15, 0.2) is 0 Å². The van der Waals surface area contributed by atoms with E-state index >= 15 is 0 Å². The summed E-state index contributed by atoms with van der Waals surface area (Å²) in [7, 11) is 0.